The number of hydrogen-bond acceptors (Lipinski definition) is 6. The molecule has 6 rings (SSSR count). The number of aliphatic hydroxyl groups is 1. The topological polar surface area (TPSA) is 86.1 Å². The van der Waals surface area contributed by atoms with E-state index in [1.807, 2.05) is 25.6 Å². The third kappa shape index (κ3) is 2.41. The van der Waals surface area contributed by atoms with Crippen LogP contribution in [-0.4, -0.2) is 72.1 Å². The standard InChI is InChI=1S/C20H25N7O/c1-25-9-12(8-22-25)19-23-18-16(6-7-21-20(18)24-19)26-10-13-2-3-14(11-26)27(13)15-4-5-17(15)28/h6-9,13-15,17,28H,2-5,10-11H2,1H3,(H,21,23,24). The number of fused-ring (bicyclic) bond motifs is 3. The van der Waals surface area contributed by atoms with E-state index in [1.165, 1.54) is 12.8 Å². The molecule has 0 amide bonds. The maximum Gasteiger partial charge on any atom is 0.159 e. The van der Waals surface area contributed by atoms with Crippen molar-refractivity contribution in [1.82, 2.24) is 29.6 Å². The van der Waals surface area contributed by atoms with Gasteiger partial charge in [-0.05, 0) is 31.7 Å². The average molecular weight is 379 g/mol. The molecular weight excluding hydrogens is 354 g/mol. The molecular formula is C20H25N7O. The molecule has 4 atom stereocenters. The summed E-state index contributed by atoms with van der Waals surface area (Å²) in [4.78, 5) is 17.8. The third-order valence-corrected chi connectivity index (χ3v) is 6.81. The summed E-state index contributed by atoms with van der Waals surface area (Å²) in [7, 11) is 1.91. The van der Waals surface area contributed by atoms with Crippen LogP contribution in [-0.2, 0) is 7.05 Å². The van der Waals surface area contributed by atoms with E-state index < -0.39 is 0 Å². The van der Waals surface area contributed by atoms with Crippen LogP contribution in [0.25, 0.3) is 22.6 Å². The molecule has 0 spiro atoms. The fourth-order valence-electron chi connectivity index (χ4n) is 5.32. The molecule has 0 radical (unpaired) electrons. The summed E-state index contributed by atoms with van der Waals surface area (Å²) >= 11 is 0. The molecule has 0 aromatic carbocycles. The average Bonchev–Trinajstić information content (AvgIpc) is 3.36. The van der Waals surface area contributed by atoms with Gasteiger partial charge in [-0.25, -0.2) is 9.97 Å². The summed E-state index contributed by atoms with van der Waals surface area (Å²) in [5.41, 5.74) is 3.87. The highest BCUT2D eigenvalue weighted by atomic mass is 16.3. The van der Waals surface area contributed by atoms with Crippen molar-refractivity contribution in [3.63, 3.8) is 0 Å². The molecule has 5 heterocycles. The Labute approximate surface area is 163 Å². The summed E-state index contributed by atoms with van der Waals surface area (Å²) in [6, 6.07) is 3.51. The minimum atomic E-state index is -0.129. The fraction of sp³-hybridized carbons (Fsp3) is 0.550. The van der Waals surface area contributed by atoms with E-state index in [-0.39, 0.29) is 6.10 Å². The number of aliphatic hydroxyl groups excluding tert-OH is 1. The van der Waals surface area contributed by atoms with Crippen molar-refractivity contribution < 1.29 is 5.11 Å². The fourth-order valence-corrected chi connectivity index (χ4v) is 5.32. The van der Waals surface area contributed by atoms with E-state index in [0.717, 1.165) is 54.2 Å². The second-order valence-corrected chi connectivity index (χ2v) is 8.46. The molecule has 3 aliphatic rings. The molecule has 3 fully saturated rings. The monoisotopic (exact) mass is 379 g/mol. The van der Waals surface area contributed by atoms with Gasteiger partial charge in [0.25, 0.3) is 0 Å². The number of nitrogens with one attached hydrogen (secondary N) is 1. The van der Waals surface area contributed by atoms with Gasteiger partial charge in [-0.2, -0.15) is 5.10 Å². The zero-order valence-electron chi connectivity index (χ0n) is 16.0. The molecule has 4 unspecified atom stereocenters. The van der Waals surface area contributed by atoms with Crippen LogP contribution in [0.15, 0.2) is 24.7 Å². The van der Waals surface area contributed by atoms with E-state index in [0.29, 0.717) is 18.1 Å². The van der Waals surface area contributed by atoms with E-state index in [4.69, 9.17) is 4.98 Å². The van der Waals surface area contributed by atoms with Crippen LogP contribution in [0.2, 0.25) is 0 Å². The Kier molecular flexibility index (Phi) is 3.55. The summed E-state index contributed by atoms with van der Waals surface area (Å²) < 4.78 is 1.78. The lowest BCUT2D eigenvalue weighted by Crippen LogP contribution is -2.62. The van der Waals surface area contributed by atoms with Crippen LogP contribution in [0.3, 0.4) is 0 Å². The first-order chi connectivity index (χ1) is 13.7. The zero-order valence-corrected chi connectivity index (χ0v) is 16.0. The number of rotatable bonds is 3. The van der Waals surface area contributed by atoms with Gasteiger partial charge in [-0.15, -0.1) is 0 Å². The molecule has 3 aromatic heterocycles. The number of pyridine rings is 1. The van der Waals surface area contributed by atoms with Gasteiger partial charge in [-0.1, -0.05) is 0 Å². The molecule has 8 nitrogen and oxygen atoms in total. The highest BCUT2D eigenvalue weighted by Crippen LogP contribution is 2.40. The van der Waals surface area contributed by atoms with Crippen molar-refractivity contribution in [1.29, 1.82) is 0 Å². The van der Waals surface area contributed by atoms with Gasteiger partial charge in [0.2, 0.25) is 0 Å². The van der Waals surface area contributed by atoms with Crippen molar-refractivity contribution >= 4 is 16.9 Å². The molecule has 2 aliphatic heterocycles. The van der Waals surface area contributed by atoms with Gasteiger partial charge < -0.3 is 15.0 Å². The number of anilines is 1. The van der Waals surface area contributed by atoms with Crippen molar-refractivity contribution in [3.05, 3.63) is 24.7 Å². The Balaban J connectivity index is 1.32. The lowest BCUT2D eigenvalue weighted by molar-refractivity contribution is -0.0472. The number of aromatic amines is 1. The zero-order chi connectivity index (χ0) is 18.8. The highest BCUT2D eigenvalue weighted by molar-refractivity contribution is 5.88. The van der Waals surface area contributed by atoms with Crippen LogP contribution in [0.1, 0.15) is 25.7 Å². The molecule has 146 valence electrons. The van der Waals surface area contributed by atoms with Crippen LogP contribution in [0, 0.1) is 0 Å². The molecule has 28 heavy (non-hydrogen) atoms. The number of H-pyrrole nitrogens is 1. The van der Waals surface area contributed by atoms with Crippen molar-refractivity contribution in [2.24, 2.45) is 7.05 Å². The maximum absolute atomic E-state index is 10.2. The van der Waals surface area contributed by atoms with E-state index in [1.54, 1.807) is 4.68 Å². The molecule has 2 saturated heterocycles. The number of nitrogens with zero attached hydrogens (tertiary/aromatic N) is 6. The molecule has 1 saturated carbocycles. The Morgan fingerprint density at radius 3 is 2.61 bits per heavy atom. The minimum Gasteiger partial charge on any atom is -0.391 e. The van der Waals surface area contributed by atoms with E-state index in [2.05, 4.69) is 30.9 Å². The Bertz CT molecular complexity index is 1010. The van der Waals surface area contributed by atoms with Crippen molar-refractivity contribution in [2.45, 2.75) is 49.9 Å². The molecule has 8 heteroatoms. The molecule has 2 N–H and O–H groups in total. The van der Waals surface area contributed by atoms with Crippen molar-refractivity contribution in [2.75, 3.05) is 18.0 Å². The lowest BCUT2D eigenvalue weighted by Gasteiger charge is -2.50. The number of aromatic nitrogens is 5. The van der Waals surface area contributed by atoms with Crippen LogP contribution in [0.4, 0.5) is 5.69 Å². The maximum atomic E-state index is 10.2. The van der Waals surface area contributed by atoms with Gasteiger partial charge in [0.15, 0.2) is 5.65 Å². The third-order valence-electron chi connectivity index (χ3n) is 6.81. The molecule has 1 aliphatic carbocycles. The van der Waals surface area contributed by atoms with Gasteiger partial charge >= 0.3 is 0 Å². The summed E-state index contributed by atoms with van der Waals surface area (Å²) in [5.74, 6) is 0.808. The predicted octanol–water partition coefficient (Wildman–Crippen LogP) is 1.53. The number of piperazine rings is 1. The highest BCUT2D eigenvalue weighted by Gasteiger charge is 2.48. The van der Waals surface area contributed by atoms with Crippen LogP contribution < -0.4 is 4.90 Å². The lowest BCUT2D eigenvalue weighted by atomic mass is 9.86. The normalized spacial score (nSPS) is 30.1. The van der Waals surface area contributed by atoms with Gasteiger partial charge in [0.05, 0.1) is 23.6 Å². The SMILES string of the molecule is Cn1cc(-c2nc3c(N4CC5CCC(C4)N5C4CCC4O)ccnc3[nH]2)cn1. The number of aryl methyl sites for hydroxylation is 1. The van der Waals surface area contributed by atoms with Crippen LogP contribution >= 0.6 is 0 Å². The summed E-state index contributed by atoms with van der Waals surface area (Å²) in [6.07, 6.45) is 10.1. The Morgan fingerprint density at radius 1 is 1.14 bits per heavy atom. The smallest absolute Gasteiger partial charge is 0.159 e. The Hall–Kier alpha value is -2.45. The van der Waals surface area contributed by atoms with Crippen LogP contribution in [0.5, 0.6) is 0 Å². The number of hydrogen-bond donors (Lipinski definition) is 2. The summed E-state index contributed by atoms with van der Waals surface area (Å²) in [6.45, 7) is 1.99. The van der Waals surface area contributed by atoms with Gasteiger partial charge in [-0.3, -0.25) is 9.58 Å². The Morgan fingerprint density at radius 2 is 1.96 bits per heavy atom. The second kappa shape index (κ2) is 6.02. The molecule has 3 aromatic rings. The first-order valence-corrected chi connectivity index (χ1v) is 10.2. The number of imidazole rings is 1. The molecule has 2 bridgehead atoms. The predicted molar refractivity (Wildman–Crippen MR) is 106 cm³/mol. The van der Waals surface area contributed by atoms with E-state index in [9.17, 15) is 5.11 Å². The van der Waals surface area contributed by atoms with Gasteiger partial charge in [0.1, 0.15) is 11.3 Å². The first-order valence-electron chi connectivity index (χ1n) is 10.2. The summed E-state index contributed by atoms with van der Waals surface area (Å²) in [5, 5.41) is 14.4. The largest absolute Gasteiger partial charge is 0.391 e. The van der Waals surface area contributed by atoms with Crippen molar-refractivity contribution in [3.8, 4) is 11.4 Å². The van der Waals surface area contributed by atoms with E-state index >= 15 is 0 Å². The van der Waals surface area contributed by atoms with Gasteiger partial charge in [0, 0.05) is 50.7 Å². The minimum absolute atomic E-state index is 0.129. The second-order valence-electron chi connectivity index (χ2n) is 8.46. The first kappa shape index (κ1) is 16.5. The quantitative estimate of drug-likeness (QED) is 0.718.